The highest BCUT2D eigenvalue weighted by molar-refractivity contribution is 9.10. The number of β-amino-alcohol motifs (C(OH)–C–C–N with tert-alkyl or cyclic N) is 2. The lowest BCUT2D eigenvalue weighted by Crippen LogP contribution is -2.25. The van der Waals surface area contributed by atoms with E-state index in [1.54, 1.807) is 12.1 Å². The Labute approximate surface area is 114 Å². The van der Waals surface area contributed by atoms with Gasteiger partial charge in [0.05, 0.1) is 12.2 Å². The van der Waals surface area contributed by atoms with Crippen molar-refractivity contribution in [2.75, 3.05) is 19.6 Å². The minimum absolute atomic E-state index is 0.0818. The molecule has 1 aliphatic heterocycles. The van der Waals surface area contributed by atoms with Crippen molar-refractivity contribution < 1.29 is 15.0 Å². The molecule has 2 rings (SSSR count). The zero-order chi connectivity index (χ0) is 13.1. The molecule has 0 amide bonds. The van der Waals surface area contributed by atoms with Gasteiger partial charge in [0.2, 0.25) is 0 Å². The first-order chi connectivity index (χ1) is 8.56. The predicted molar refractivity (Wildman–Crippen MR) is 71.5 cm³/mol. The number of aliphatic hydroxyl groups excluding tert-OH is 2. The van der Waals surface area contributed by atoms with Gasteiger partial charge < -0.3 is 10.2 Å². The molecule has 1 fully saturated rings. The Kier molecular flexibility index (Phi) is 4.50. The van der Waals surface area contributed by atoms with Crippen LogP contribution in [0.4, 0.5) is 0 Å². The summed E-state index contributed by atoms with van der Waals surface area (Å²) in [7, 11) is 0. The van der Waals surface area contributed by atoms with Crippen molar-refractivity contribution in [3.05, 3.63) is 34.3 Å². The van der Waals surface area contributed by atoms with E-state index in [0.29, 0.717) is 31.6 Å². The molecule has 0 aliphatic carbocycles. The number of carbonyl (C=O) groups excluding carboxylic acids is 1. The zero-order valence-corrected chi connectivity index (χ0v) is 11.5. The average molecular weight is 314 g/mol. The van der Waals surface area contributed by atoms with Crippen LogP contribution in [-0.2, 0) is 0 Å². The molecular formula is C13H16BrNO3. The van der Waals surface area contributed by atoms with Crippen LogP contribution in [0.15, 0.2) is 28.7 Å². The number of hydrogen-bond acceptors (Lipinski definition) is 4. The Morgan fingerprint density at radius 1 is 1.22 bits per heavy atom. The Bertz CT molecular complexity index is 411. The molecule has 18 heavy (non-hydrogen) atoms. The molecule has 1 heterocycles. The highest BCUT2D eigenvalue weighted by atomic mass is 79.9. The lowest BCUT2D eigenvalue weighted by molar-refractivity contribution is 0.0572. The number of likely N-dealkylation sites (tertiary alicyclic amines) is 1. The van der Waals surface area contributed by atoms with Crippen molar-refractivity contribution in [3.8, 4) is 0 Å². The number of ketones is 1. The van der Waals surface area contributed by atoms with Crippen LogP contribution in [-0.4, -0.2) is 52.7 Å². The van der Waals surface area contributed by atoms with Gasteiger partial charge in [0.15, 0.2) is 5.78 Å². The molecule has 0 aromatic heterocycles. The molecule has 2 unspecified atom stereocenters. The maximum atomic E-state index is 11.9. The number of rotatable bonds is 4. The van der Waals surface area contributed by atoms with E-state index in [0.717, 1.165) is 4.47 Å². The maximum Gasteiger partial charge on any atom is 0.164 e. The summed E-state index contributed by atoms with van der Waals surface area (Å²) in [5.74, 6) is 0.0818. The molecule has 2 atom stereocenters. The van der Waals surface area contributed by atoms with Gasteiger partial charge in [0.25, 0.3) is 0 Å². The summed E-state index contributed by atoms with van der Waals surface area (Å²) in [6, 6.07) is 7.27. The number of hydrogen-bond donors (Lipinski definition) is 2. The fourth-order valence-corrected chi connectivity index (χ4v) is 2.33. The first kappa shape index (κ1) is 13.7. The van der Waals surface area contributed by atoms with Gasteiger partial charge in [-0.1, -0.05) is 28.1 Å². The summed E-state index contributed by atoms with van der Waals surface area (Å²) in [5, 5.41) is 18.8. The van der Waals surface area contributed by atoms with E-state index >= 15 is 0 Å². The lowest BCUT2D eigenvalue weighted by atomic mass is 10.1. The Balaban J connectivity index is 1.84. The molecule has 1 aromatic rings. The normalized spacial score (nSPS) is 24.4. The van der Waals surface area contributed by atoms with Crippen molar-refractivity contribution in [1.29, 1.82) is 0 Å². The van der Waals surface area contributed by atoms with E-state index in [2.05, 4.69) is 15.9 Å². The molecule has 1 aromatic carbocycles. The minimum Gasteiger partial charge on any atom is -0.389 e. The van der Waals surface area contributed by atoms with Crippen molar-refractivity contribution in [3.63, 3.8) is 0 Å². The largest absolute Gasteiger partial charge is 0.389 e. The van der Waals surface area contributed by atoms with Gasteiger partial charge in [-0.3, -0.25) is 9.69 Å². The van der Waals surface area contributed by atoms with Crippen LogP contribution < -0.4 is 0 Å². The number of halogens is 1. The third kappa shape index (κ3) is 3.38. The molecule has 0 saturated carbocycles. The minimum atomic E-state index is -0.687. The van der Waals surface area contributed by atoms with Gasteiger partial charge >= 0.3 is 0 Å². The summed E-state index contributed by atoms with van der Waals surface area (Å²) in [6.45, 7) is 1.45. The zero-order valence-electron chi connectivity index (χ0n) is 9.92. The average Bonchev–Trinajstić information content (AvgIpc) is 2.67. The molecule has 5 heteroatoms. The van der Waals surface area contributed by atoms with E-state index in [9.17, 15) is 15.0 Å². The molecule has 4 nitrogen and oxygen atoms in total. The molecule has 0 spiro atoms. The van der Waals surface area contributed by atoms with Crippen LogP contribution in [0.1, 0.15) is 16.8 Å². The van der Waals surface area contributed by atoms with E-state index in [-0.39, 0.29) is 5.78 Å². The van der Waals surface area contributed by atoms with Gasteiger partial charge in [0, 0.05) is 36.1 Å². The third-order valence-electron chi connectivity index (χ3n) is 3.16. The summed E-state index contributed by atoms with van der Waals surface area (Å²) >= 11 is 3.33. The number of carbonyl (C=O) groups is 1. The summed E-state index contributed by atoms with van der Waals surface area (Å²) in [4.78, 5) is 13.8. The highest BCUT2D eigenvalue weighted by Gasteiger charge is 2.29. The fourth-order valence-electron chi connectivity index (χ4n) is 2.07. The summed E-state index contributed by atoms with van der Waals surface area (Å²) < 4.78 is 0.949. The van der Waals surface area contributed by atoms with E-state index in [4.69, 9.17) is 0 Å². The predicted octanol–water partition coefficient (Wildman–Crippen LogP) is 1.06. The quantitative estimate of drug-likeness (QED) is 0.816. The maximum absolute atomic E-state index is 11.9. The van der Waals surface area contributed by atoms with Crippen LogP contribution in [0.25, 0.3) is 0 Å². The van der Waals surface area contributed by atoms with Crippen LogP contribution >= 0.6 is 15.9 Å². The monoisotopic (exact) mass is 313 g/mol. The lowest BCUT2D eigenvalue weighted by Gasteiger charge is -2.13. The number of aliphatic hydroxyl groups is 2. The van der Waals surface area contributed by atoms with E-state index < -0.39 is 12.2 Å². The topological polar surface area (TPSA) is 60.8 Å². The SMILES string of the molecule is O=C(CCN1CC(O)C(O)C1)c1ccc(Br)cc1. The van der Waals surface area contributed by atoms with Crippen molar-refractivity contribution >= 4 is 21.7 Å². The van der Waals surface area contributed by atoms with Crippen molar-refractivity contribution in [2.45, 2.75) is 18.6 Å². The Hall–Kier alpha value is -0.750. The first-order valence-electron chi connectivity index (χ1n) is 5.93. The molecule has 1 saturated heterocycles. The summed E-state index contributed by atoms with van der Waals surface area (Å²) in [5.41, 5.74) is 0.693. The fraction of sp³-hybridized carbons (Fsp3) is 0.462. The van der Waals surface area contributed by atoms with Gasteiger partial charge in [-0.2, -0.15) is 0 Å². The molecule has 98 valence electrons. The van der Waals surface area contributed by atoms with E-state index in [1.165, 1.54) is 0 Å². The van der Waals surface area contributed by atoms with Gasteiger partial charge in [0.1, 0.15) is 0 Å². The standard InChI is InChI=1S/C13H16BrNO3/c14-10-3-1-9(2-4-10)11(16)5-6-15-7-12(17)13(18)8-15/h1-4,12-13,17-18H,5-8H2. The van der Waals surface area contributed by atoms with Gasteiger partial charge in [-0.05, 0) is 12.1 Å². The molecule has 2 N–H and O–H groups in total. The van der Waals surface area contributed by atoms with Crippen LogP contribution in [0.5, 0.6) is 0 Å². The second-order valence-electron chi connectivity index (χ2n) is 4.57. The molecular weight excluding hydrogens is 298 g/mol. The second kappa shape index (κ2) is 5.93. The molecule has 0 radical (unpaired) electrons. The first-order valence-corrected chi connectivity index (χ1v) is 6.73. The van der Waals surface area contributed by atoms with Crippen LogP contribution in [0, 0.1) is 0 Å². The third-order valence-corrected chi connectivity index (χ3v) is 3.68. The van der Waals surface area contributed by atoms with Crippen molar-refractivity contribution in [1.82, 2.24) is 4.90 Å². The number of benzene rings is 1. The van der Waals surface area contributed by atoms with E-state index in [1.807, 2.05) is 17.0 Å². The van der Waals surface area contributed by atoms with Crippen LogP contribution in [0.3, 0.4) is 0 Å². The van der Waals surface area contributed by atoms with Crippen LogP contribution in [0.2, 0.25) is 0 Å². The second-order valence-corrected chi connectivity index (χ2v) is 5.49. The van der Waals surface area contributed by atoms with Crippen molar-refractivity contribution in [2.24, 2.45) is 0 Å². The smallest absolute Gasteiger partial charge is 0.164 e. The Morgan fingerprint density at radius 3 is 2.33 bits per heavy atom. The summed E-state index contributed by atoms with van der Waals surface area (Å²) in [6.07, 6.45) is -0.971. The highest BCUT2D eigenvalue weighted by Crippen LogP contribution is 2.14. The Morgan fingerprint density at radius 2 is 1.78 bits per heavy atom. The number of nitrogens with zero attached hydrogens (tertiary/aromatic N) is 1. The van der Waals surface area contributed by atoms with Gasteiger partial charge in [-0.25, -0.2) is 0 Å². The number of Topliss-reactive ketones (excluding diaryl/α,β-unsaturated/α-hetero) is 1. The molecule has 0 bridgehead atoms. The molecule has 1 aliphatic rings. The van der Waals surface area contributed by atoms with Gasteiger partial charge in [-0.15, -0.1) is 0 Å².